The van der Waals surface area contributed by atoms with Gasteiger partial charge in [-0.2, -0.15) is 0 Å². The van der Waals surface area contributed by atoms with Gasteiger partial charge in [0.1, 0.15) is 4.90 Å². The van der Waals surface area contributed by atoms with Gasteiger partial charge in [0, 0.05) is 5.02 Å². The van der Waals surface area contributed by atoms with Crippen molar-refractivity contribution in [3.63, 3.8) is 0 Å². The number of nitrogens with zero attached hydrogens (tertiary/aromatic N) is 1. The van der Waals surface area contributed by atoms with Crippen LogP contribution in [0.25, 0.3) is 0 Å². The lowest BCUT2D eigenvalue weighted by Crippen LogP contribution is -2.40. The number of hydrogen-bond acceptors (Lipinski definition) is 3. The molecule has 1 aliphatic heterocycles. The zero-order chi connectivity index (χ0) is 15.7. The van der Waals surface area contributed by atoms with Crippen LogP contribution < -0.4 is 10.0 Å². The van der Waals surface area contributed by atoms with Gasteiger partial charge in [-0.25, -0.2) is 18.1 Å². The van der Waals surface area contributed by atoms with Crippen LogP contribution in [0.2, 0.25) is 5.02 Å². The number of fused-ring (bicyclic) bond motifs is 1. The Hall–Kier alpha value is -2.05. The second-order valence-corrected chi connectivity index (χ2v) is 7.02. The second kappa shape index (κ2) is 5.62. The largest absolute Gasteiger partial charge is 0.324 e. The summed E-state index contributed by atoms with van der Waals surface area (Å²) in [6.07, 6.45) is 0. The summed E-state index contributed by atoms with van der Waals surface area (Å²) in [7, 11) is -3.64. The van der Waals surface area contributed by atoms with E-state index in [1.165, 1.54) is 12.1 Å². The van der Waals surface area contributed by atoms with Crippen molar-refractivity contribution in [2.24, 2.45) is 4.99 Å². The fourth-order valence-electron chi connectivity index (χ4n) is 2.23. The zero-order valence-electron chi connectivity index (χ0n) is 11.7. The van der Waals surface area contributed by atoms with Gasteiger partial charge >= 0.3 is 0 Å². The second-order valence-electron chi connectivity index (χ2n) is 4.94. The SMILES string of the molecule is CC(N=C1Nc2cc(Cl)ccc2S(=O)(=O)N1)c1ccccc1. The zero-order valence-corrected chi connectivity index (χ0v) is 13.3. The molecule has 3 rings (SSSR count). The van der Waals surface area contributed by atoms with E-state index in [1.807, 2.05) is 37.3 Å². The van der Waals surface area contributed by atoms with E-state index < -0.39 is 10.0 Å². The maximum atomic E-state index is 12.2. The first-order chi connectivity index (χ1) is 10.5. The van der Waals surface area contributed by atoms with Gasteiger partial charge in [-0.05, 0) is 30.7 Å². The first kappa shape index (κ1) is 14.9. The summed E-state index contributed by atoms with van der Waals surface area (Å²) in [4.78, 5) is 4.56. The molecular formula is C15H14ClN3O2S. The molecule has 0 saturated heterocycles. The van der Waals surface area contributed by atoms with Crippen molar-refractivity contribution in [2.45, 2.75) is 17.9 Å². The molecule has 0 bridgehead atoms. The van der Waals surface area contributed by atoms with Gasteiger partial charge in [0.05, 0.1) is 11.7 Å². The van der Waals surface area contributed by atoms with E-state index in [0.29, 0.717) is 10.7 Å². The Morgan fingerprint density at radius 3 is 2.59 bits per heavy atom. The molecule has 1 heterocycles. The highest BCUT2D eigenvalue weighted by molar-refractivity contribution is 7.90. The van der Waals surface area contributed by atoms with Gasteiger partial charge in [0.15, 0.2) is 0 Å². The van der Waals surface area contributed by atoms with Crippen LogP contribution in [0.1, 0.15) is 18.5 Å². The average Bonchev–Trinajstić information content (AvgIpc) is 2.46. The fourth-order valence-corrected chi connectivity index (χ4v) is 3.51. The molecule has 7 heteroatoms. The quantitative estimate of drug-likeness (QED) is 0.885. The van der Waals surface area contributed by atoms with E-state index in [2.05, 4.69) is 15.0 Å². The molecule has 0 amide bonds. The van der Waals surface area contributed by atoms with E-state index in [4.69, 9.17) is 11.6 Å². The average molecular weight is 336 g/mol. The highest BCUT2D eigenvalue weighted by Gasteiger charge is 2.26. The van der Waals surface area contributed by atoms with E-state index >= 15 is 0 Å². The Morgan fingerprint density at radius 1 is 1.14 bits per heavy atom. The van der Waals surface area contributed by atoms with Crippen molar-refractivity contribution in [3.05, 3.63) is 59.1 Å². The topological polar surface area (TPSA) is 70.6 Å². The minimum Gasteiger partial charge on any atom is -0.324 e. The molecule has 0 aromatic heterocycles. The number of sulfonamides is 1. The van der Waals surface area contributed by atoms with Crippen molar-refractivity contribution in [2.75, 3.05) is 5.32 Å². The minimum absolute atomic E-state index is 0.156. The first-order valence-corrected chi connectivity index (χ1v) is 8.54. The van der Waals surface area contributed by atoms with Gasteiger partial charge in [0.2, 0.25) is 5.96 Å². The van der Waals surface area contributed by atoms with Crippen molar-refractivity contribution < 1.29 is 8.42 Å². The Kier molecular flexibility index (Phi) is 3.80. The molecule has 0 fully saturated rings. The first-order valence-electron chi connectivity index (χ1n) is 6.68. The molecule has 2 aromatic carbocycles. The van der Waals surface area contributed by atoms with E-state index in [-0.39, 0.29) is 16.9 Å². The Labute approximate surface area is 134 Å². The minimum atomic E-state index is -3.64. The maximum Gasteiger partial charge on any atom is 0.266 e. The fraction of sp³-hybridized carbons (Fsp3) is 0.133. The van der Waals surface area contributed by atoms with E-state index in [1.54, 1.807) is 6.07 Å². The summed E-state index contributed by atoms with van der Waals surface area (Å²) in [6.45, 7) is 1.89. The molecule has 114 valence electrons. The van der Waals surface area contributed by atoms with Crippen LogP contribution in [0, 0.1) is 0 Å². The number of nitrogens with one attached hydrogen (secondary N) is 2. The van der Waals surface area contributed by atoms with Gasteiger partial charge in [-0.3, -0.25) is 0 Å². The highest BCUT2D eigenvalue weighted by atomic mass is 35.5. The third-order valence-corrected chi connectivity index (χ3v) is 4.95. The van der Waals surface area contributed by atoms with Crippen LogP contribution in [0.3, 0.4) is 0 Å². The lowest BCUT2D eigenvalue weighted by atomic mass is 10.1. The van der Waals surface area contributed by atoms with Crippen molar-refractivity contribution in [1.29, 1.82) is 0 Å². The van der Waals surface area contributed by atoms with Gasteiger partial charge in [0.25, 0.3) is 10.0 Å². The van der Waals surface area contributed by atoms with E-state index in [0.717, 1.165) is 5.56 Å². The molecule has 0 spiro atoms. The molecule has 22 heavy (non-hydrogen) atoms. The number of guanidine groups is 1. The van der Waals surface area contributed by atoms with Crippen molar-refractivity contribution >= 4 is 33.3 Å². The summed E-state index contributed by atoms with van der Waals surface area (Å²) in [5.41, 5.74) is 1.41. The standard InChI is InChI=1S/C15H14ClN3O2S/c1-10(11-5-3-2-4-6-11)17-15-18-13-9-12(16)7-8-14(13)22(20,21)19-15/h2-10H,1H3,(H2,17,18,19). The summed E-state index contributed by atoms with van der Waals surface area (Å²) in [5, 5.41) is 3.43. The third-order valence-electron chi connectivity index (χ3n) is 3.32. The normalized spacial score (nSPS) is 18.9. The maximum absolute atomic E-state index is 12.2. The van der Waals surface area contributed by atoms with Gasteiger partial charge in [-0.15, -0.1) is 0 Å². The van der Waals surface area contributed by atoms with Crippen LogP contribution in [0.5, 0.6) is 0 Å². The highest BCUT2D eigenvalue weighted by Crippen LogP contribution is 2.28. The summed E-state index contributed by atoms with van der Waals surface area (Å²) >= 11 is 5.92. The van der Waals surface area contributed by atoms with Crippen LogP contribution in [0.4, 0.5) is 5.69 Å². The number of rotatable bonds is 2. The van der Waals surface area contributed by atoms with Crippen molar-refractivity contribution in [3.8, 4) is 0 Å². The number of hydrogen-bond donors (Lipinski definition) is 2. The summed E-state index contributed by atoms with van der Waals surface area (Å²) in [6, 6.07) is 14.0. The van der Waals surface area contributed by atoms with Crippen LogP contribution in [-0.2, 0) is 10.0 Å². The number of anilines is 1. The van der Waals surface area contributed by atoms with Crippen LogP contribution in [-0.4, -0.2) is 14.4 Å². The number of halogens is 1. The monoisotopic (exact) mass is 335 g/mol. The third kappa shape index (κ3) is 2.93. The molecule has 0 radical (unpaired) electrons. The summed E-state index contributed by atoms with van der Waals surface area (Å²) < 4.78 is 26.9. The molecule has 5 nitrogen and oxygen atoms in total. The molecule has 1 unspecified atom stereocenters. The number of benzene rings is 2. The Bertz CT molecular complexity index is 835. The van der Waals surface area contributed by atoms with Crippen LogP contribution >= 0.6 is 11.6 Å². The number of aliphatic imine (C=N–C) groups is 1. The lowest BCUT2D eigenvalue weighted by Gasteiger charge is -2.22. The Balaban J connectivity index is 1.96. The molecule has 0 saturated carbocycles. The van der Waals surface area contributed by atoms with Gasteiger partial charge in [-0.1, -0.05) is 41.9 Å². The van der Waals surface area contributed by atoms with E-state index in [9.17, 15) is 8.42 Å². The molecule has 1 atom stereocenters. The predicted octanol–water partition coefficient (Wildman–Crippen LogP) is 3.16. The molecule has 0 aliphatic carbocycles. The summed E-state index contributed by atoms with van der Waals surface area (Å²) in [5.74, 6) is 0.186. The molecule has 2 N–H and O–H groups in total. The molecule has 2 aromatic rings. The smallest absolute Gasteiger partial charge is 0.266 e. The molecule has 1 aliphatic rings. The molecular weight excluding hydrogens is 322 g/mol. The lowest BCUT2D eigenvalue weighted by molar-refractivity contribution is 0.591. The van der Waals surface area contributed by atoms with Gasteiger partial charge < -0.3 is 5.32 Å². The Morgan fingerprint density at radius 2 is 1.86 bits per heavy atom. The van der Waals surface area contributed by atoms with Crippen molar-refractivity contribution in [1.82, 2.24) is 4.72 Å². The predicted molar refractivity (Wildman–Crippen MR) is 87.7 cm³/mol. The van der Waals surface area contributed by atoms with Crippen LogP contribution in [0.15, 0.2) is 58.4 Å².